The molecule has 2 saturated carbocycles. The molecule has 2 aliphatic carbocycles. The fourth-order valence-corrected chi connectivity index (χ4v) is 4.06. The summed E-state index contributed by atoms with van der Waals surface area (Å²) in [6.45, 7) is 2.28. The van der Waals surface area contributed by atoms with E-state index >= 15 is 0 Å². The third-order valence-corrected chi connectivity index (χ3v) is 5.51. The summed E-state index contributed by atoms with van der Waals surface area (Å²) in [5.41, 5.74) is 0. The lowest BCUT2D eigenvalue weighted by Crippen LogP contribution is -2.26. The summed E-state index contributed by atoms with van der Waals surface area (Å²) in [5.74, 6) is 3.26. The van der Waals surface area contributed by atoms with Crippen molar-refractivity contribution in [1.29, 1.82) is 0 Å². The second kappa shape index (κ2) is 6.91. The van der Waals surface area contributed by atoms with E-state index in [4.69, 9.17) is 4.52 Å². The standard InChI is InChI=1S/C17H28N2O2/c1-2-12-6-5-8-14(10-12)17-18-16(21-19-17)11-13-7-3-4-9-15(13)20/h12-15,20H,2-11H2,1H3. The minimum absolute atomic E-state index is 0.187. The number of hydrogen-bond donors (Lipinski definition) is 1. The molecule has 3 rings (SSSR count). The fourth-order valence-electron chi connectivity index (χ4n) is 4.06. The first-order valence-electron chi connectivity index (χ1n) is 8.76. The number of aliphatic hydroxyl groups is 1. The second-order valence-corrected chi connectivity index (χ2v) is 7.00. The van der Waals surface area contributed by atoms with Crippen LogP contribution in [0.5, 0.6) is 0 Å². The van der Waals surface area contributed by atoms with E-state index in [1.54, 1.807) is 0 Å². The molecule has 4 unspecified atom stereocenters. The molecular weight excluding hydrogens is 264 g/mol. The number of rotatable bonds is 4. The van der Waals surface area contributed by atoms with Crippen molar-refractivity contribution in [3.8, 4) is 0 Å². The van der Waals surface area contributed by atoms with Crippen LogP contribution in [0.4, 0.5) is 0 Å². The predicted molar refractivity (Wildman–Crippen MR) is 81.0 cm³/mol. The summed E-state index contributed by atoms with van der Waals surface area (Å²) < 4.78 is 5.47. The monoisotopic (exact) mass is 292 g/mol. The van der Waals surface area contributed by atoms with E-state index < -0.39 is 0 Å². The minimum Gasteiger partial charge on any atom is -0.393 e. The van der Waals surface area contributed by atoms with Crippen LogP contribution < -0.4 is 0 Å². The molecule has 4 atom stereocenters. The van der Waals surface area contributed by atoms with Gasteiger partial charge in [-0.15, -0.1) is 0 Å². The Morgan fingerprint density at radius 2 is 2.00 bits per heavy atom. The van der Waals surface area contributed by atoms with Gasteiger partial charge in [-0.1, -0.05) is 44.2 Å². The SMILES string of the molecule is CCC1CCCC(c2noc(CC3CCCCC3O)n2)C1. The highest BCUT2D eigenvalue weighted by Crippen LogP contribution is 2.36. The van der Waals surface area contributed by atoms with Crippen molar-refractivity contribution >= 4 is 0 Å². The highest BCUT2D eigenvalue weighted by molar-refractivity contribution is 4.99. The normalized spacial score (nSPS) is 34.0. The summed E-state index contributed by atoms with van der Waals surface area (Å²) in [6, 6.07) is 0. The van der Waals surface area contributed by atoms with E-state index in [2.05, 4.69) is 17.1 Å². The van der Waals surface area contributed by atoms with Crippen LogP contribution in [0.3, 0.4) is 0 Å². The molecule has 118 valence electrons. The van der Waals surface area contributed by atoms with Crippen LogP contribution in [0.15, 0.2) is 4.52 Å². The molecule has 2 aliphatic rings. The van der Waals surface area contributed by atoms with E-state index in [0.717, 1.165) is 43.3 Å². The Hall–Kier alpha value is -0.900. The Kier molecular flexibility index (Phi) is 4.94. The van der Waals surface area contributed by atoms with Crippen molar-refractivity contribution in [3.63, 3.8) is 0 Å². The zero-order chi connectivity index (χ0) is 14.7. The summed E-state index contributed by atoms with van der Waals surface area (Å²) in [5, 5.41) is 14.3. The zero-order valence-electron chi connectivity index (χ0n) is 13.1. The largest absolute Gasteiger partial charge is 0.393 e. The summed E-state index contributed by atoms with van der Waals surface area (Å²) in [6.07, 6.45) is 11.2. The molecule has 0 bridgehead atoms. The van der Waals surface area contributed by atoms with Gasteiger partial charge in [-0.25, -0.2) is 0 Å². The summed E-state index contributed by atoms with van der Waals surface area (Å²) >= 11 is 0. The van der Waals surface area contributed by atoms with Gasteiger partial charge in [0.15, 0.2) is 5.82 Å². The van der Waals surface area contributed by atoms with Gasteiger partial charge in [0.25, 0.3) is 0 Å². The van der Waals surface area contributed by atoms with Gasteiger partial charge in [0.2, 0.25) is 5.89 Å². The maximum atomic E-state index is 10.1. The second-order valence-electron chi connectivity index (χ2n) is 7.00. The highest BCUT2D eigenvalue weighted by Gasteiger charge is 2.28. The van der Waals surface area contributed by atoms with Crippen molar-refractivity contribution < 1.29 is 9.63 Å². The Morgan fingerprint density at radius 3 is 2.81 bits per heavy atom. The van der Waals surface area contributed by atoms with Gasteiger partial charge >= 0.3 is 0 Å². The lowest BCUT2D eigenvalue weighted by molar-refractivity contribution is 0.0657. The molecule has 21 heavy (non-hydrogen) atoms. The molecule has 0 aromatic carbocycles. The number of aliphatic hydroxyl groups excluding tert-OH is 1. The molecule has 1 heterocycles. The lowest BCUT2D eigenvalue weighted by atomic mass is 9.80. The predicted octanol–water partition coefficient (Wildman–Crippen LogP) is 3.85. The van der Waals surface area contributed by atoms with Crippen LogP contribution in [0.1, 0.15) is 82.3 Å². The zero-order valence-corrected chi connectivity index (χ0v) is 13.1. The summed E-state index contributed by atoms with van der Waals surface area (Å²) in [4.78, 5) is 4.64. The number of aromatic nitrogens is 2. The molecule has 0 amide bonds. The molecule has 4 heteroatoms. The molecule has 0 saturated heterocycles. The van der Waals surface area contributed by atoms with Crippen LogP contribution in [-0.4, -0.2) is 21.4 Å². The fraction of sp³-hybridized carbons (Fsp3) is 0.882. The Bertz CT molecular complexity index is 446. The van der Waals surface area contributed by atoms with Crippen LogP contribution >= 0.6 is 0 Å². The minimum atomic E-state index is -0.187. The van der Waals surface area contributed by atoms with Gasteiger partial charge in [0.05, 0.1) is 6.10 Å². The van der Waals surface area contributed by atoms with E-state index in [1.807, 2.05) is 0 Å². The van der Waals surface area contributed by atoms with Gasteiger partial charge in [-0.2, -0.15) is 4.98 Å². The molecule has 1 aromatic rings. The number of hydrogen-bond acceptors (Lipinski definition) is 4. The van der Waals surface area contributed by atoms with Crippen LogP contribution in [-0.2, 0) is 6.42 Å². The molecule has 0 aliphatic heterocycles. The number of nitrogens with zero attached hydrogens (tertiary/aromatic N) is 2. The van der Waals surface area contributed by atoms with Crippen molar-refractivity contribution in [2.75, 3.05) is 0 Å². The van der Waals surface area contributed by atoms with Gasteiger partial charge in [0.1, 0.15) is 0 Å². The molecule has 4 nitrogen and oxygen atoms in total. The van der Waals surface area contributed by atoms with Gasteiger partial charge < -0.3 is 9.63 Å². The molecular formula is C17H28N2O2. The van der Waals surface area contributed by atoms with Crippen molar-refractivity contribution in [2.45, 2.75) is 83.2 Å². The van der Waals surface area contributed by atoms with E-state index in [0.29, 0.717) is 11.8 Å². The smallest absolute Gasteiger partial charge is 0.227 e. The van der Waals surface area contributed by atoms with Crippen molar-refractivity contribution in [2.24, 2.45) is 11.8 Å². The topological polar surface area (TPSA) is 59.2 Å². The molecule has 2 fully saturated rings. The lowest BCUT2D eigenvalue weighted by Gasteiger charge is -2.26. The average molecular weight is 292 g/mol. The molecule has 1 aromatic heterocycles. The maximum absolute atomic E-state index is 10.1. The van der Waals surface area contributed by atoms with Crippen LogP contribution in [0.2, 0.25) is 0 Å². The van der Waals surface area contributed by atoms with Gasteiger partial charge in [0, 0.05) is 12.3 Å². The molecule has 0 spiro atoms. The van der Waals surface area contributed by atoms with Crippen LogP contribution in [0, 0.1) is 11.8 Å². The van der Waals surface area contributed by atoms with Gasteiger partial charge in [-0.3, -0.25) is 0 Å². The van der Waals surface area contributed by atoms with E-state index in [9.17, 15) is 5.11 Å². The first-order valence-corrected chi connectivity index (χ1v) is 8.76. The molecule has 1 N–H and O–H groups in total. The first kappa shape index (κ1) is 15.0. The Labute approximate surface area is 127 Å². The third-order valence-electron chi connectivity index (χ3n) is 5.51. The van der Waals surface area contributed by atoms with Crippen LogP contribution in [0.25, 0.3) is 0 Å². The molecule has 0 radical (unpaired) electrons. The highest BCUT2D eigenvalue weighted by atomic mass is 16.5. The maximum Gasteiger partial charge on any atom is 0.227 e. The average Bonchev–Trinajstić information content (AvgIpc) is 2.98. The third kappa shape index (κ3) is 3.65. The Balaban J connectivity index is 1.60. The quantitative estimate of drug-likeness (QED) is 0.915. The van der Waals surface area contributed by atoms with Crippen molar-refractivity contribution in [3.05, 3.63) is 11.7 Å². The Morgan fingerprint density at radius 1 is 1.14 bits per heavy atom. The van der Waals surface area contributed by atoms with E-state index in [-0.39, 0.29) is 6.10 Å². The summed E-state index contributed by atoms with van der Waals surface area (Å²) in [7, 11) is 0. The van der Waals surface area contributed by atoms with Gasteiger partial charge in [-0.05, 0) is 37.5 Å². The van der Waals surface area contributed by atoms with E-state index in [1.165, 1.54) is 38.5 Å². The first-order chi connectivity index (χ1) is 10.3. The van der Waals surface area contributed by atoms with Crippen molar-refractivity contribution in [1.82, 2.24) is 10.1 Å².